The molecule has 0 aromatic heterocycles. The quantitative estimate of drug-likeness (QED) is 0.620. The summed E-state index contributed by atoms with van der Waals surface area (Å²) in [5.74, 6) is -1.05. The number of para-hydroxylation sites is 1. The summed E-state index contributed by atoms with van der Waals surface area (Å²) in [6, 6.07) is 13.1. The molecule has 0 bridgehead atoms. The van der Waals surface area contributed by atoms with E-state index in [1.165, 1.54) is 47.8 Å². The van der Waals surface area contributed by atoms with Crippen molar-refractivity contribution in [3.05, 3.63) is 59.7 Å². The Labute approximate surface area is 201 Å². The minimum Gasteiger partial charge on any atom is -0.452 e. The molecule has 7 nitrogen and oxygen atoms in total. The van der Waals surface area contributed by atoms with E-state index >= 15 is 0 Å². The lowest BCUT2D eigenvalue weighted by Gasteiger charge is -2.24. The van der Waals surface area contributed by atoms with Crippen molar-refractivity contribution < 1.29 is 22.7 Å². The van der Waals surface area contributed by atoms with Gasteiger partial charge in [0.1, 0.15) is 0 Å². The zero-order valence-corrected chi connectivity index (χ0v) is 20.4. The van der Waals surface area contributed by atoms with Crippen LogP contribution >= 0.6 is 0 Å². The van der Waals surface area contributed by atoms with Gasteiger partial charge in [-0.2, -0.15) is 0 Å². The van der Waals surface area contributed by atoms with Crippen molar-refractivity contribution in [2.75, 3.05) is 10.9 Å². The van der Waals surface area contributed by atoms with Crippen molar-refractivity contribution in [2.24, 2.45) is 0 Å². The van der Waals surface area contributed by atoms with E-state index in [-0.39, 0.29) is 35.1 Å². The number of hydrogen-bond donors (Lipinski definition) is 1. The number of carbonyl (C=O) groups excluding carboxylic acids is 2. The van der Waals surface area contributed by atoms with E-state index < -0.39 is 16.0 Å². The zero-order valence-electron chi connectivity index (χ0n) is 19.5. The van der Waals surface area contributed by atoms with E-state index in [0.29, 0.717) is 12.1 Å². The maximum Gasteiger partial charge on any atom is 0.338 e. The molecule has 34 heavy (non-hydrogen) atoms. The fourth-order valence-corrected chi connectivity index (χ4v) is 6.62. The second-order valence-corrected chi connectivity index (χ2v) is 11.0. The van der Waals surface area contributed by atoms with Crippen LogP contribution < -0.4 is 9.62 Å². The predicted molar refractivity (Wildman–Crippen MR) is 130 cm³/mol. The van der Waals surface area contributed by atoms with Crippen LogP contribution in [0.1, 0.15) is 67.8 Å². The molecule has 1 unspecified atom stereocenters. The molecule has 8 heteroatoms. The van der Waals surface area contributed by atoms with Gasteiger partial charge in [-0.05, 0) is 56.0 Å². The first-order chi connectivity index (χ1) is 16.4. The number of sulfonamides is 1. The van der Waals surface area contributed by atoms with Crippen molar-refractivity contribution in [3.8, 4) is 0 Å². The molecular weight excluding hydrogens is 452 g/mol. The maximum atomic E-state index is 13.4. The molecule has 1 saturated carbocycles. The normalized spacial score (nSPS) is 19.1. The van der Waals surface area contributed by atoms with Crippen LogP contribution in [0.2, 0.25) is 0 Å². The van der Waals surface area contributed by atoms with E-state index in [4.69, 9.17) is 4.74 Å². The molecule has 1 fully saturated rings. The number of anilines is 1. The fourth-order valence-electron chi connectivity index (χ4n) is 4.88. The SMILES string of the molecule is CC1Cc2ccccc2N1S(=O)(=O)c1cccc(C(=O)OCC(=O)NC2CCCCCCC2)c1. The van der Waals surface area contributed by atoms with Gasteiger partial charge < -0.3 is 10.1 Å². The summed E-state index contributed by atoms with van der Waals surface area (Å²) in [6.45, 7) is 1.48. The van der Waals surface area contributed by atoms with Crippen LogP contribution in [0, 0.1) is 0 Å². The summed E-state index contributed by atoms with van der Waals surface area (Å²) in [6.07, 6.45) is 8.31. The summed E-state index contributed by atoms with van der Waals surface area (Å²) >= 11 is 0. The lowest BCUT2D eigenvalue weighted by molar-refractivity contribution is -0.125. The van der Waals surface area contributed by atoms with Gasteiger partial charge in [0.25, 0.3) is 15.9 Å². The highest BCUT2D eigenvalue weighted by Gasteiger charge is 2.36. The summed E-state index contributed by atoms with van der Waals surface area (Å²) < 4.78 is 33.5. The van der Waals surface area contributed by atoms with Crippen LogP contribution in [-0.2, 0) is 26.0 Å². The van der Waals surface area contributed by atoms with Gasteiger partial charge in [-0.15, -0.1) is 0 Å². The van der Waals surface area contributed by atoms with Crippen molar-refractivity contribution in [2.45, 2.75) is 75.3 Å². The molecule has 1 aliphatic carbocycles. The first-order valence-corrected chi connectivity index (χ1v) is 13.5. The first kappa shape index (κ1) is 24.3. The van der Waals surface area contributed by atoms with E-state index in [9.17, 15) is 18.0 Å². The lowest BCUT2D eigenvalue weighted by Crippen LogP contribution is -2.38. The van der Waals surface area contributed by atoms with Crippen LogP contribution in [0.5, 0.6) is 0 Å². The molecule has 1 aliphatic heterocycles. The van der Waals surface area contributed by atoms with Gasteiger partial charge in [0.15, 0.2) is 6.61 Å². The molecule has 2 aliphatic rings. The number of benzene rings is 2. The number of esters is 1. The van der Waals surface area contributed by atoms with Crippen LogP contribution in [0.15, 0.2) is 53.4 Å². The second kappa shape index (κ2) is 10.6. The van der Waals surface area contributed by atoms with Gasteiger partial charge in [0, 0.05) is 12.1 Å². The Morgan fingerprint density at radius 2 is 1.71 bits per heavy atom. The molecule has 0 spiro atoms. The highest BCUT2D eigenvalue weighted by Crippen LogP contribution is 2.36. The molecule has 182 valence electrons. The lowest BCUT2D eigenvalue weighted by atomic mass is 9.97. The average molecular weight is 485 g/mol. The van der Waals surface area contributed by atoms with Crippen molar-refractivity contribution >= 4 is 27.6 Å². The Hall–Kier alpha value is -2.87. The van der Waals surface area contributed by atoms with E-state index in [1.807, 2.05) is 25.1 Å². The van der Waals surface area contributed by atoms with E-state index in [2.05, 4.69) is 5.32 Å². The predicted octanol–water partition coefficient (Wildman–Crippen LogP) is 4.21. The molecule has 1 atom stereocenters. The summed E-state index contributed by atoms with van der Waals surface area (Å²) in [4.78, 5) is 24.9. The molecule has 0 radical (unpaired) electrons. The molecule has 1 N–H and O–H groups in total. The van der Waals surface area contributed by atoms with Gasteiger partial charge in [-0.3, -0.25) is 9.10 Å². The van der Waals surface area contributed by atoms with Crippen LogP contribution in [-0.4, -0.2) is 39.0 Å². The number of nitrogens with zero attached hydrogens (tertiary/aromatic N) is 1. The van der Waals surface area contributed by atoms with Gasteiger partial charge in [0.05, 0.1) is 16.1 Å². The maximum absolute atomic E-state index is 13.4. The van der Waals surface area contributed by atoms with E-state index in [0.717, 1.165) is 31.2 Å². The van der Waals surface area contributed by atoms with Crippen molar-refractivity contribution in [3.63, 3.8) is 0 Å². The molecule has 1 heterocycles. The van der Waals surface area contributed by atoms with Crippen LogP contribution in [0.4, 0.5) is 5.69 Å². The molecule has 2 aromatic rings. The number of rotatable bonds is 6. The van der Waals surface area contributed by atoms with Crippen molar-refractivity contribution in [1.82, 2.24) is 5.32 Å². The molecule has 4 rings (SSSR count). The Morgan fingerprint density at radius 3 is 2.47 bits per heavy atom. The Kier molecular flexibility index (Phi) is 7.56. The third-order valence-corrected chi connectivity index (χ3v) is 8.50. The second-order valence-electron chi connectivity index (χ2n) is 9.20. The fraction of sp³-hybridized carbons (Fsp3) is 0.462. The van der Waals surface area contributed by atoms with Gasteiger partial charge in [0.2, 0.25) is 0 Å². The third-order valence-electron chi connectivity index (χ3n) is 6.58. The van der Waals surface area contributed by atoms with Crippen LogP contribution in [0.25, 0.3) is 0 Å². The molecule has 0 saturated heterocycles. The van der Waals surface area contributed by atoms with Crippen LogP contribution in [0.3, 0.4) is 0 Å². The molecule has 2 aromatic carbocycles. The smallest absolute Gasteiger partial charge is 0.338 e. The standard InChI is InChI=1S/C26H32N2O5S/c1-19-16-20-10-7-8-15-24(20)28(19)34(31,32)23-14-9-11-21(17-23)26(30)33-18-25(29)27-22-12-5-3-2-4-6-13-22/h7-11,14-15,17,19,22H,2-6,12-13,16,18H2,1H3,(H,27,29). The zero-order chi connectivity index (χ0) is 24.1. The number of amides is 1. The number of carbonyl (C=O) groups is 2. The van der Waals surface area contributed by atoms with Gasteiger partial charge in [-0.25, -0.2) is 13.2 Å². The first-order valence-electron chi connectivity index (χ1n) is 12.0. The summed E-state index contributed by atoms with van der Waals surface area (Å²) in [5, 5.41) is 2.96. The largest absolute Gasteiger partial charge is 0.452 e. The number of nitrogens with one attached hydrogen (secondary N) is 1. The Balaban J connectivity index is 1.41. The number of fused-ring (bicyclic) bond motifs is 1. The van der Waals surface area contributed by atoms with Crippen molar-refractivity contribution in [1.29, 1.82) is 0 Å². The summed E-state index contributed by atoms with van der Waals surface area (Å²) in [7, 11) is -3.87. The highest BCUT2D eigenvalue weighted by atomic mass is 32.2. The minimum absolute atomic E-state index is 0.0180. The monoisotopic (exact) mass is 484 g/mol. The topological polar surface area (TPSA) is 92.8 Å². The highest BCUT2D eigenvalue weighted by molar-refractivity contribution is 7.92. The average Bonchev–Trinajstić information content (AvgIpc) is 3.15. The summed E-state index contributed by atoms with van der Waals surface area (Å²) in [5.41, 5.74) is 1.73. The third kappa shape index (κ3) is 5.43. The van der Waals surface area contributed by atoms with Gasteiger partial charge in [-0.1, -0.05) is 56.4 Å². The number of hydrogen-bond acceptors (Lipinski definition) is 5. The molecule has 1 amide bonds. The number of ether oxygens (including phenoxy) is 1. The Morgan fingerprint density at radius 1 is 1.00 bits per heavy atom. The Bertz CT molecular complexity index is 1140. The minimum atomic E-state index is -3.87. The molecular formula is C26H32N2O5S. The van der Waals surface area contributed by atoms with Gasteiger partial charge >= 0.3 is 5.97 Å². The van der Waals surface area contributed by atoms with E-state index in [1.54, 1.807) is 6.07 Å².